The van der Waals surface area contributed by atoms with Crippen molar-refractivity contribution in [3.63, 3.8) is 0 Å². The van der Waals surface area contributed by atoms with E-state index in [0.717, 1.165) is 53.2 Å². The molecule has 1 saturated heterocycles. The molecular formula is C23H24N6O3S. The molecule has 5 rings (SSSR count). The monoisotopic (exact) mass is 464 g/mol. The average Bonchev–Trinajstić information content (AvgIpc) is 3.46. The SMILES string of the molecule is COc1ccc2nc(-c3cc(-c4ccc(OC(=O)NC5CCNCC5)s4)cnc3N)[nH]c2c1. The zero-order chi connectivity index (χ0) is 22.8. The van der Waals surface area contributed by atoms with E-state index in [1.807, 2.05) is 30.3 Å². The Kier molecular flexibility index (Phi) is 5.84. The summed E-state index contributed by atoms with van der Waals surface area (Å²) in [6.07, 6.45) is 3.08. The van der Waals surface area contributed by atoms with E-state index in [4.69, 9.17) is 15.2 Å². The van der Waals surface area contributed by atoms with Gasteiger partial charge in [0, 0.05) is 28.7 Å². The number of nitrogen functional groups attached to an aromatic ring is 1. The lowest BCUT2D eigenvalue weighted by atomic mass is 10.1. The number of aromatic amines is 1. The maximum absolute atomic E-state index is 12.2. The van der Waals surface area contributed by atoms with Gasteiger partial charge >= 0.3 is 6.09 Å². The molecule has 9 nitrogen and oxygen atoms in total. The van der Waals surface area contributed by atoms with E-state index in [1.165, 1.54) is 11.3 Å². The van der Waals surface area contributed by atoms with E-state index >= 15 is 0 Å². The number of benzene rings is 1. The molecule has 0 saturated carbocycles. The summed E-state index contributed by atoms with van der Waals surface area (Å²) in [5.41, 5.74) is 9.37. The zero-order valence-corrected chi connectivity index (χ0v) is 18.9. The molecular weight excluding hydrogens is 440 g/mol. The standard InChI is InChI=1S/C23H24N6O3S/c1-31-15-2-3-17-18(11-15)29-22(28-17)16-10-13(12-26-21(16)24)19-4-5-20(33-19)32-23(30)27-14-6-8-25-9-7-14/h2-5,10-12,14,25H,6-9H2,1H3,(H2,24,26)(H,27,30)(H,28,29). The highest BCUT2D eigenvalue weighted by molar-refractivity contribution is 7.17. The summed E-state index contributed by atoms with van der Waals surface area (Å²) in [4.78, 5) is 25.4. The number of methoxy groups -OCH3 is 1. The molecule has 1 aromatic carbocycles. The number of anilines is 1. The third kappa shape index (κ3) is 4.62. The fourth-order valence-electron chi connectivity index (χ4n) is 3.83. The van der Waals surface area contributed by atoms with Gasteiger partial charge in [-0.25, -0.2) is 14.8 Å². The van der Waals surface area contributed by atoms with Crippen molar-refractivity contribution in [3.8, 4) is 32.6 Å². The van der Waals surface area contributed by atoms with Crippen molar-refractivity contribution in [2.24, 2.45) is 0 Å². The summed E-state index contributed by atoms with van der Waals surface area (Å²) in [6, 6.07) is 11.4. The minimum absolute atomic E-state index is 0.144. The number of ether oxygens (including phenoxy) is 2. The van der Waals surface area contributed by atoms with Crippen molar-refractivity contribution in [2.75, 3.05) is 25.9 Å². The zero-order valence-electron chi connectivity index (χ0n) is 18.1. The first-order valence-corrected chi connectivity index (χ1v) is 11.5. The molecule has 0 bridgehead atoms. The largest absolute Gasteiger partial charge is 0.497 e. The fourth-order valence-corrected chi connectivity index (χ4v) is 4.66. The number of hydrogen-bond acceptors (Lipinski definition) is 8. The molecule has 5 N–H and O–H groups in total. The molecule has 33 heavy (non-hydrogen) atoms. The Hall–Kier alpha value is -3.63. The van der Waals surface area contributed by atoms with Crippen LogP contribution in [-0.2, 0) is 0 Å². The van der Waals surface area contributed by atoms with Crippen LogP contribution in [0, 0.1) is 0 Å². The predicted octanol–water partition coefficient (Wildman–Crippen LogP) is 3.78. The maximum Gasteiger partial charge on any atom is 0.413 e. The third-order valence-electron chi connectivity index (χ3n) is 5.58. The van der Waals surface area contributed by atoms with E-state index < -0.39 is 6.09 Å². The van der Waals surface area contributed by atoms with E-state index in [-0.39, 0.29) is 6.04 Å². The Morgan fingerprint density at radius 1 is 1.21 bits per heavy atom. The van der Waals surface area contributed by atoms with Gasteiger partial charge in [-0.2, -0.15) is 0 Å². The number of carbonyl (C=O) groups excluding carboxylic acids is 1. The van der Waals surface area contributed by atoms with E-state index in [0.29, 0.717) is 22.3 Å². The van der Waals surface area contributed by atoms with E-state index in [1.54, 1.807) is 19.4 Å². The minimum Gasteiger partial charge on any atom is -0.497 e. The quantitative estimate of drug-likeness (QED) is 0.354. The van der Waals surface area contributed by atoms with Gasteiger partial charge in [-0.3, -0.25) is 0 Å². The summed E-state index contributed by atoms with van der Waals surface area (Å²) in [7, 11) is 1.62. The molecule has 0 aliphatic carbocycles. The van der Waals surface area contributed by atoms with Crippen LogP contribution in [0.4, 0.5) is 10.6 Å². The number of aromatic nitrogens is 3. The van der Waals surface area contributed by atoms with Crippen LogP contribution in [0.25, 0.3) is 32.9 Å². The first kappa shape index (κ1) is 21.2. The summed E-state index contributed by atoms with van der Waals surface area (Å²) >= 11 is 1.37. The van der Waals surface area contributed by atoms with Crippen molar-refractivity contribution >= 4 is 34.3 Å². The molecule has 1 fully saturated rings. The van der Waals surface area contributed by atoms with Crippen LogP contribution < -0.4 is 25.8 Å². The second kappa shape index (κ2) is 9.08. The number of amides is 1. The summed E-state index contributed by atoms with van der Waals surface area (Å²) in [5.74, 6) is 1.74. The molecule has 10 heteroatoms. The molecule has 1 aliphatic heterocycles. The van der Waals surface area contributed by atoms with Crippen molar-refractivity contribution in [2.45, 2.75) is 18.9 Å². The van der Waals surface area contributed by atoms with Gasteiger partial charge in [0.2, 0.25) is 0 Å². The number of thiophene rings is 1. The highest BCUT2D eigenvalue weighted by atomic mass is 32.1. The Labute approximate surface area is 194 Å². The summed E-state index contributed by atoms with van der Waals surface area (Å²) < 4.78 is 10.8. The first-order chi connectivity index (χ1) is 16.1. The second-order valence-corrected chi connectivity index (χ2v) is 8.85. The van der Waals surface area contributed by atoms with Gasteiger partial charge < -0.3 is 30.8 Å². The van der Waals surface area contributed by atoms with Crippen molar-refractivity contribution in [1.82, 2.24) is 25.6 Å². The van der Waals surface area contributed by atoms with Crippen molar-refractivity contribution in [3.05, 3.63) is 42.6 Å². The number of H-pyrrole nitrogens is 1. The number of nitrogens with two attached hydrogens (primary N) is 1. The number of imidazole rings is 1. The van der Waals surface area contributed by atoms with Crippen LogP contribution in [0.5, 0.6) is 10.8 Å². The number of hydrogen-bond donors (Lipinski definition) is 4. The van der Waals surface area contributed by atoms with Crippen LogP contribution in [-0.4, -0.2) is 47.3 Å². The molecule has 0 unspecified atom stereocenters. The van der Waals surface area contributed by atoms with Crippen LogP contribution in [0.3, 0.4) is 0 Å². The molecule has 0 spiro atoms. The highest BCUT2D eigenvalue weighted by Gasteiger charge is 2.18. The highest BCUT2D eigenvalue weighted by Crippen LogP contribution is 2.36. The van der Waals surface area contributed by atoms with E-state index in [2.05, 4.69) is 25.6 Å². The van der Waals surface area contributed by atoms with Crippen LogP contribution in [0.15, 0.2) is 42.6 Å². The Bertz CT molecular complexity index is 1290. The van der Waals surface area contributed by atoms with E-state index in [9.17, 15) is 4.79 Å². The number of piperidine rings is 1. The Balaban J connectivity index is 1.35. The molecule has 1 aliphatic rings. The number of nitrogens with one attached hydrogen (secondary N) is 3. The molecule has 3 aromatic heterocycles. The van der Waals surface area contributed by atoms with Crippen LogP contribution in [0.1, 0.15) is 12.8 Å². The van der Waals surface area contributed by atoms with Gasteiger partial charge in [0.15, 0.2) is 5.06 Å². The smallest absolute Gasteiger partial charge is 0.413 e. The van der Waals surface area contributed by atoms with Gasteiger partial charge in [0.25, 0.3) is 0 Å². The van der Waals surface area contributed by atoms with Crippen LogP contribution in [0.2, 0.25) is 0 Å². The van der Waals surface area contributed by atoms with Crippen molar-refractivity contribution < 1.29 is 14.3 Å². The minimum atomic E-state index is -0.427. The Morgan fingerprint density at radius 3 is 2.88 bits per heavy atom. The number of carbonyl (C=O) groups is 1. The summed E-state index contributed by atoms with van der Waals surface area (Å²) in [5, 5.41) is 6.72. The topological polar surface area (TPSA) is 127 Å². The molecule has 4 heterocycles. The molecule has 1 amide bonds. The molecule has 4 aromatic rings. The maximum atomic E-state index is 12.2. The average molecular weight is 465 g/mol. The van der Waals surface area contributed by atoms with Crippen molar-refractivity contribution in [1.29, 1.82) is 0 Å². The van der Waals surface area contributed by atoms with Gasteiger partial charge in [0.1, 0.15) is 17.4 Å². The van der Waals surface area contributed by atoms with Gasteiger partial charge in [0.05, 0.1) is 23.7 Å². The third-order valence-corrected chi connectivity index (χ3v) is 6.60. The molecule has 170 valence electrons. The fraction of sp³-hybridized carbons (Fsp3) is 0.261. The summed E-state index contributed by atoms with van der Waals surface area (Å²) in [6.45, 7) is 1.80. The molecule has 0 radical (unpaired) electrons. The number of fused-ring (bicyclic) bond motifs is 1. The van der Waals surface area contributed by atoms with Gasteiger partial charge in [-0.05, 0) is 56.3 Å². The normalized spacial score (nSPS) is 14.3. The van der Waals surface area contributed by atoms with Gasteiger partial charge in [-0.1, -0.05) is 11.3 Å². The Morgan fingerprint density at radius 2 is 2.06 bits per heavy atom. The lowest BCUT2D eigenvalue weighted by Crippen LogP contribution is -2.43. The lowest BCUT2D eigenvalue weighted by Gasteiger charge is -2.22. The van der Waals surface area contributed by atoms with Gasteiger partial charge in [-0.15, -0.1) is 0 Å². The number of nitrogens with zero attached hydrogens (tertiary/aromatic N) is 2. The lowest BCUT2D eigenvalue weighted by molar-refractivity contribution is 0.194. The second-order valence-electron chi connectivity index (χ2n) is 7.80. The molecule has 0 atom stereocenters. The first-order valence-electron chi connectivity index (χ1n) is 10.7. The van der Waals surface area contributed by atoms with Crippen LogP contribution >= 0.6 is 11.3 Å². The number of rotatable bonds is 5. The predicted molar refractivity (Wildman–Crippen MR) is 129 cm³/mol. The number of pyridine rings is 1.